The predicted molar refractivity (Wildman–Crippen MR) is 80.1 cm³/mol. The number of amides is 1. The third-order valence-corrected chi connectivity index (χ3v) is 4.27. The first kappa shape index (κ1) is 14.7. The summed E-state index contributed by atoms with van der Waals surface area (Å²) in [6.45, 7) is 1.61. The summed E-state index contributed by atoms with van der Waals surface area (Å²) in [5.41, 5.74) is 0.608. The molecule has 1 N–H and O–H groups in total. The Balaban J connectivity index is 1.83. The van der Waals surface area contributed by atoms with Gasteiger partial charge in [0, 0.05) is 39.3 Å². The summed E-state index contributed by atoms with van der Waals surface area (Å²) in [5, 5.41) is 2.71. The second-order valence-corrected chi connectivity index (χ2v) is 6.42. The van der Waals surface area contributed by atoms with Crippen LogP contribution in [-0.4, -0.2) is 35.3 Å². The summed E-state index contributed by atoms with van der Waals surface area (Å²) in [5.74, 6) is -0.154. The van der Waals surface area contributed by atoms with Gasteiger partial charge in [0.25, 0.3) is 0 Å². The molecule has 19 heavy (non-hydrogen) atoms. The lowest BCUT2D eigenvalue weighted by Gasteiger charge is -2.10. The number of halogens is 2. The first-order valence-corrected chi connectivity index (χ1v) is 7.53. The molecule has 6 heteroatoms. The van der Waals surface area contributed by atoms with Crippen LogP contribution in [0, 0.1) is 5.92 Å². The first-order valence-electron chi connectivity index (χ1n) is 6.03. The van der Waals surface area contributed by atoms with Gasteiger partial charge in [-0.05, 0) is 18.6 Å². The Morgan fingerprint density at radius 2 is 2.00 bits per heavy atom. The molecule has 1 amide bonds. The van der Waals surface area contributed by atoms with Gasteiger partial charge in [-0.25, -0.2) is 3.93 Å². The van der Waals surface area contributed by atoms with E-state index in [4.69, 9.17) is 0 Å². The molecular weight excluding hydrogens is 376 g/mol. The largest absolute Gasteiger partial charge is 0.348 e. The third kappa shape index (κ3) is 4.12. The van der Waals surface area contributed by atoms with Crippen molar-refractivity contribution in [2.24, 2.45) is 5.92 Å². The molecule has 1 aromatic carbocycles. The van der Waals surface area contributed by atoms with E-state index >= 15 is 0 Å². The fourth-order valence-electron chi connectivity index (χ4n) is 1.98. The van der Waals surface area contributed by atoms with E-state index < -0.39 is 0 Å². The van der Waals surface area contributed by atoms with E-state index in [2.05, 4.69) is 37.4 Å². The van der Waals surface area contributed by atoms with Gasteiger partial charge in [-0.15, -0.1) is 0 Å². The van der Waals surface area contributed by atoms with E-state index in [9.17, 15) is 9.59 Å². The normalized spacial score (nSPS) is 19.4. The maximum absolute atomic E-state index is 11.9. The van der Waals surface area contributed by atoms with Crippen LogP contribution in [0.3, 0.4) is 0 Å². The smallest absolute Gasteiger partial charge is 0.224 e. The Morgan fingerprint density at radius 3 is 2.58 bits per heavy atom. The molecule has 0 aliphatic carbocycles. The highest BCUT2D eigenvalue weighted by Gasteiger charge is 2.27. The highest BCUT2D eigenvalue weighted by Crippen LogP contribution is 2.19. The average molecular weight is 390 g/mol. The Hall–Kier alpha value is -0.720. The molecule has 1 aromatic rings. The van der Waals surface area contributed by atoms with Crippen LogP contribution in [-0.2, 0) is 4.79 Å². The molecule has 102 valence electrons. The van der Waals surface area contributed by atoms with E-state index in [1.807, 2.05) is 16.1 Å². The number of hydrogen-bond acceptors (Lipinski definition) is 3. The number of nitrogens with zero attached hydrogens (tertiary/aromatic N) is 1. The molecule has 4 nitrogen and oxygen atoms in total. The van der Waals surface area contributed by atoms with E-state index in [0.717, 1.165) is 17.4 Å². The van der Waals surface area contributed by atoms with Crippen molar-refractivity contribution >= 4 is 43.8 Å². The van der Waals surface area contributed by atoms with Gasteiger partial charge in [0.2, 0.25) is 5.91 Å². The summed E-state index contributed by atoms with van der Waals surface area (Å²) in [6, 6.07) is 7.12. The highest BCUT2D eigenvalue weighted by molar-refractivity contribution is 9.10. The van der Waals surface area contributed by atoms with E-state index in [0.29, 0.717) is 12.1 Å². The molecule has 0 bridgehead atoms. The summed E-state index contributed by atoms with van der Waals surface area (Å²) in [6.07, 6.45) is 0.823. The number of carbonyl (C=O) groups excluding carboxylic acids is 2. The zero-order valence-electron chi connectivity index (χ0n) is 10.2. The van der Waals surface area contributed by atoms with Crippen molar-refractivity contribution < 1.29 is 9.59 Å². The maximum atomic E-state index is 11.9. The summed E-state index contributed by atoms with van der Waals surface area (Å²) >= 11 is 6.67. The molecule has 1 saturated heterocycles. The minimum absolute atomic E-state index is 0.0305. The van der Waals surface area contributed by atoms with Gasteiger partial charge >= 0.3 is 0 Å². The Morgan fingerprint density at radius 1 is 1.32 bits per heavy atom. The molecule has 1 fully saturated rings. The van der Waals surface area contributed by atoms with Crippen LogP contribution in [0.5, 0.6) is 0 Å². The number of benzene rings is 1. The van der Waals surface area contributed by atoms with Crippen molar-refractivity contribution in [2.75, 3.05) is 19.6 Å². The summed E-state index contributed by atoms with van der Waals surface area (Å²) < 4.78 is 2.87. The van der Waals surface area contributed by atoms with Gasteiger partial charge < -0.3 is 5.32 Å². The van der Waals surface area contributed by atoms with Crippen LogP contribution in [0.2, 0.25) is 0 Å². The fraction of sp³-hybridized carbons (Fsp3) is 0.385. The minimum atomic E-state index is -0.0745. The minimum Gasteiger partial charge on any atom is -0.348 e. The van der Waals surface area contributed by atoms with Crippen LogP contribution >= 0.6 is 32.1 Å². The monoisotopic (exact) mass is 388 g/mol. The lowest BCUT2D eigenvalue weighted by molar-refractivity contribution is -0.124. The second-order valence-electron chi connectivity index (χ2n) is 4.50. The molecule has 0 aromatic heterocycles. The van der Waals surface area contributed by atoms with E-state index in [-0.39, 0.29) is 24.2 Å². The van der Waals surface area contributed by atoms with Gasteiger partial charge in [0.15, 0.2) is 5.78 Å². The van der Waals surface area contributed by atoms with E-state index in [1.165, 1.54) is 0 Å². The van der Waals surface area contributed by atoms with Crippen LogP contribution in [0.1, 0.15) is 16.8 Å². The van der Waals surface area contributed by atoms with Crippen LogP contribution < -0.4 is 5.32 Å². The predicted octanol–water partition coefficient (Wildman–Crippen LogP) is 2.38. The molecular formula is C13H14Br2N2O2. The van der Waals surface area contributed by atoms with Crippen LogP contribution in [0.25, 0.3) is 0 Å². The quantitative estimate of drug-likeness (QED) is 0.635. The lowest BCUT2D eigenvalue weighted by atomic mass is 10.1. The van der Waals surface area contributed by atoms with Crippen LogP contribution in [0.15, 0.2) is 28.7 Å². The molecule has 2 rings (SSSR count). The van der Waals surface area contributed by atoms with Crippen molar-refractivity contribution in [1.29, 1.82) is 0 Å². The maximum Gasteiger partial charge on any atom is 0.224 e. The molecule has 0 spiro atoms. The SMILES string of the molecule is O=C(CNC(=O)C1CCN(Br)C1)c1ccc(Br)cc1. The molecule has 0 saturated carbocycles. The number of Topliss-reactive ketones (excluding diaryl/α,β-unsaturated/α-hetero) is 1. The number of ketones is 1. The fourth-order valence-corrected chi connectivity index (χ4v) is 2.80. The van der Waals surface area contributed by atoms with Gasteiger partial charge in [-0.2, -0.15) is 0 Å². The number of carbonyl (C=O) groups is 2. The highest BCUT2D eigenvalue weighted by atomic mass is 79.9. The van der Waals surface area contributed by atoms with Gasteiger partial charge in [0.05, 0.1) is 12.5 Å². The van der Waals surface area contributed by atoms with Crippen molar-refractivity contribution in [3.05, 3.63) is 34.3 Å². The molecule has 1 aliphatic rings. The van der Waals surface area contributed by atoms with Crippen molar-refractivity contribution in [3.63, 3.8) is 0 Å². The zero-order chi connectivity index (χ0) is 13.8. The van der Waals surface area contributed by atoms with Gasteiger partial charge in [0.1, 0.15) is 0 Å². The summed E-state index contributed by atoms with van der Waals surface area (Å²) in [7, 11) is 0. The molecule has 1 unspecified atom stereocenters. The van der Waals surface area contributed by atoms with Crippen molar-refractivity contribution in [3.8, 4) is 0 Å². The topological polar surface area (TPSA) is 49.4 Å². The molecule has 1 aliphatic heterocycles. The Kier molecular flexibility index (Phi) is 5.13. The van der Waals surface area contributed by atoms with Crippen molar-refractivity contribution in [2.45, 2.75) is 6.42 Å². The number of nitrogens with one attached hydrogen (secondary N) is 1. The first-order chi connectivity index (χ1) is 9.06. The third-order valence-electron chi connectivity index (χ3n) is 3.10. The van der Waals surface area contributed by atoms with Crippen LogP contribution in [0.4, 0.5) is 0 Å². The average Bonchev–Trinajstić information content (AvgIpc) is 2.83. The lowest BCUT2D eigenvalue weighted by Crippen LogP contribution is -2.35. The van der Waals surface area contributed by atoms with Gasteiger partial charge in [-0.3, -0.25) is 9.59 Å². The number of rotatable bonds is 4. The van der Waals surface area contributed by atoms with E-state index in [1.54, 1.807) is 12.1 Å². The number of hydrogen-bond donors (Lipinski definition) is 1. The Bertz CT molecular complexity index is 476. The van der Waals surface area contributed by atoms with Gasteiger partial charge in [-0.1, -0.05) is 28.1 Å². The van der Waals surface area contributed by atoms with Crippen molar-refractivity contribution in [1.82, 2.24) is 9.24 Å². The molecule has 1 atom stereocenters. The standard InChI is InChI=1S/C13H14Br2N2O2/c14-11-3-1-9(2-4-11)12(18)7-16-13(19)10-5-6-17(15)8-10/h1-4,10H,5-8H2,(H,16,19). The molecule has 0 radical (unpaired) electrons. The summed E-state index contributed by atoms with van der Waals surface area (Å²) in [4.78, 5) is 23.8. The molecule has 1 heterocycles. The zero-order valence-corrected chi connectivity index (χ0v) is 13.4. The Labute approximate surface area is 129 Å². The second kappa shape index (κ2) is 6.63.